The maximum Gasteiger partial charge on any atom is 0.129 e. The van der Waals surface area contributed by atoms with Gasteiger partial charge in [0.25, 0.3) is 0 Å². The highest BCUT2D eigenvalue weighted by atomic mass is 28.3. The molecule has 0 aliphatic rings. The molecule has 0 N–H and O–H groups in total. The molecule has 0 amide bonds. The van der Waals surface area contributed by atoms with Crippen LogP contribution in [0.25, 0.3) is 0 Å². The molecule has 0 spiro atoms. The van der Waals surface area contributed by atoms with E-state index < -0.39 is 8.07 Å². The molecule has 3 nitrogen and oxygen atoms in total. The number of ether oxygens (including phenoxy) is 1. The highest BCUT2D eigenvalue weighted by Gasteiger charge is 2.09. The lowest BCUT2D eigenvalue weighted by Gasteiger charge is -2.04. The summed E-state index contributed by atoms with van der Waals surface area (Å²) in [6.07, 6.45) is 1.85. The first-order valence-corrected chi connectivity index (χ1v) is 8.98. The fourth-order valence-corrected chi connectivity index (χ4v) is 1.74. The largest absolute Gasteiger partial charge is 0.383 e. The SMILES string of the molecule is COCCn1ncc(C#C[Si](C)(C)C)c1C. The van der Waals surface area contributed by atoms with Crippen LogP contribution >= 0.6 is 0 Å². The monoisotopic (exact) mass is 236 g/mol. The fraction of sp³-hybridized carbons (Fsp3) is 0.583. The van der Waals surface area contributed by atoms with Crippen LogP contribution in [0.15, 0.2) is 6.20 Å². The Bertz CT molecular complexity index is 407. The summed E-state index contributed by atoms with van der Waals surface area (Å²) in [5.41, 5.74) is 5.52. The predicted molar refractivity (Wildman–Crippen MR) is 69.1 cm³/mol. The van der Waals surface area contributed by atoms with Crippen molar-refractivity contribution in [1.82, 2.24) is 9.78 Å². The van der Waals surface area contributed by atoms with Gasteiger partial charge >= 0.3 is 0 Å². The highest BCUT2D eigenvalue weighted by molar-refractivity contribution is 6.83. The van der Waals surface area contributed by atoms with Crippen LogP contribution in [0, 0.1) is 18.4 Å². The molecule has 0 atom stereocenters. The van der Waals surface area contributed by atoms with Crippen molar-refractivity contribution in [3.63, 3.8) is 0 Å². The zero-order chi connectivity index (χ0) is 12.2. The summed E-state index contributed by atoms with van der Waals surface area (Å²) >= 11 is 0. The Hall–Kier alpha value is -1.05. The van der Waals surface area contributed by atoms with E-state index in [1.54, 1.807) is 7.11 Å². The van der Waals surface area contributed by atoms with Gasteiger partial charge in [0.15, 0.2) is 0 Å². The maximum absolute atomic E-state index is 5.03. The molecule has 0 radical (unpaired) electrons. The smallest absolute Gasteiger partial charge is 0.129 e. The molecular formula is C12H20N2OSi. The molecular weight excluding hydrogens is 216 g/mol. The van der Waals surface area contributed by atoms with Crippen LogP contribution in [-0.2, 0) is 11.3 Å². The molecule has 0 unspecified atom stereocenters. The summed E-state index contributed by atoms with van der Waals surface area (Å²) in [6.45, 7) is 10.2. The molecule has 0 aliphatic heterocycles. The van der Waals surface area contributed by atoms with Crippen LogP contribution in [0.2, 0.25) is 19.6 Å². The molecule has 1 rings (SSSR count). The predicted octanol–water partition coefficient (Wildman–Crippen LogP) is 2.07. The van der Waals surface area contributed by atoms with E-state index in [1.807, 2.05) is 10.9 Å². The van der Waals surface area contributed by atoms with Crippen molar-refractivity contribution in [3.05, 3.63) is 17.5 Å². The number of hydrogen-bond donors (Lipinski definition) is 0. The second-order valence-corrected chi connectivity index (χ2v) is 9.61. The van der Waals surface area contributed by atoms with E-state index in [9.17, 15) is 0 Å². The standard InChI is InChI=1S/C12H20N2OSi/c1-11-12(6-9-16(3,4)5)10-13-14(11)7-8-15-2/h10H,7-8H2,1-5H3. The Labute approximate surface area is 98.8 Å². The average Bonchev–Trinajstić information content (AvgIpc) is 2.53. The van der Waals surface area contributed by atoms with Gasteiger partial charge in [-0.1, -0.05) is 25.6 Å². The molecule has 16 heavy (non-hydrogen) atoms. The highest BCUT2D eigenvalue weighted by Crippen LogP contribution is 2.06. The Balaban J connectivity index is 2.82. The van der Waals surface area contributed by atoms with Gasteiger partial charge in [-0.3, -0.25) is 4.68 Å². The molecule has 1 aromatic heterocycles. The van der Waals surface area contributed by atoms with Gasteiger partial charge in [-0.2, -0.15) is 5.10 Å². The summed E-state index contributed by atoms with van der Waals surface area (Å²) in [5.74, 6) is 3.24. The third-order valence-corrected chi connectivity index (χ3v) is 3.06. The zero-order valence-electron chi connectivity index (χ0n) is 10.8. The van der Waals surface area contributed by atoms with E-state index in [2.05, 4.69) is 43.1 Å². The van der Waals surface area contributed by atoms with Gasteiger partial charge in [0.2, 0.25) is 0 Å². The Morgan fingerprint density at radius 2 is 2.12 bits per heavy atom. The van der Waals surface area contributed by atoms with Gasteiger partial charge in [0, 0.05) is 7.11 Å². The van der Waals surface area contributed by atoms with Crippen molar-refractivity contribution in [1.29, 1.82) is 0 Å². The Kier molecular flexibility index (Phi) is 4.33. The van der Waals surface area contributed by atoms with Crippen molar-refractivity contribution in [3.8, 4) is 11.5 Å². The lowest BCUT2D eigenvalue weighted by Crippen LogP contribution is -2.16. The van der Waals surface area contributed by atoms with Crippen LogP contribution in [0.3, 0.4) is 0 Å². The lowest BCUT2D eigenvalue weighted by atomic mass is 10.3. The topological polar surface area (TPSA) is 27.1 Å². The van der Waals surface area contributed by atoms with E-state index in [4.69, 9.17) is 4.74 Å². The molecule has 0 bridgehead atoms. The second-order valence-electron chi connectivity index (χ2n) is 4.86. The van der Waals surface area contributed by atoms with E-state index in [-0.39, 0.29) is 0 Å². The lowest BCUT2D eigenvalue weighted by molar-refractivity contribution is 0.183. The maximum atomic E-state index is 5.03. The zero-order valence-corrected chi connectivity index (χ0v) is 11.8. The van der Waals surface area contributed by atoms with E-state index in [1.165, 1.54) is 0 Å². The Morgan fingerprint density at radius 1 is 1.44 bits per heavy atom. The van der Waals surface area contributed by atoms with Gasteiger partial charge in [-0.25, -0.2) is 0 Å². The summed E-state index contributed by atoms with van der Waals surface area (Å²) < 4.78 is 6.98. The molecule has 1 heterocycles. The first kappa shape index (κ1) is 13.0. The number of methoxy groups -OCH3 is 1. The van der Waals surface area contributed by atoms with Crippen molar-refractivity contribution in [2.45, 2.75) is 33.1 Å². The Morgan fingerprint density at radius 3 is 2.69 bits per heavy atom. The molecule has 1 aromatic rings. The third kappa shape index (κ3) is 3.84. The quantitative estimate of drug-likeness (QED) is 0.593. The minimum absolute atomic E-state index is 0.684. The second kappa shape index (κ2) is 5.33. The fourth-order valence-electron chi connectivity index (χ4n) is 1.23. The molecule has 0 saturated heterocycles. The van der Waals surface area contributed by atoms with Gasteiger partial charge in [-0.15, -0.1) is 5.54 Å². The third-order valence-electron chi connectivity index (χ3n) is 2.18. The van der Waals surface area contributed by atoms with Crippen LogP contribution in [0.1, 0.15) is 11.3 Å². The van der Waals surface area contributed by atoms with Crippen molar-refractivity contribution in [2.24, 2.45) is 0 Å². The summed E-state index contributed by atoms with van der Waals surface area (Å²) in [6, 6.07) is 0. The van der Waals surface area contributed by atoms with Crippen LogP contribution in [-0.4, -0.2) is 31.6 Å². The number of aromatic nitrogens is 2. The first-order valence-electron chi connectivity index (χ1n) is 5.48. The van der Waals surface area contributed by atoms with E-state index >= 15 is 0 Å². The van der Waals surface area contributed by atoms with Crippen LogP contribution < -0.4 is 0 Å². The number of rotatable bonds is 3. The van der Waals surface area contributed by atoms with Gasteiger partial charge in [0.05, 0.1) is 30.6 Å². The first-order chi connectivity index (χ1) is 7.44. The minimum atomic E-state index is -1.30. The van der Waals surface area contributed by atoms with Gasteiger partial charge < -0.3 is 4.74 Å². The van der Waals surface area contributed by atoms with Gasteiger partial charge in [-0.05, 0) is 6.92 Å². The molecule has 4 heteroatoms. The number of nitrogens with zero attached hydrogens (tertiary/aromatic N) is 2. The van der Waals surface area contributed by atoms with Gasteiger partial charge in [0.1, 0.15) is 8.07 Å². The van der Waals surface area contributed by atoms with Crippen molar-refractivity contribution in [2.75, 3.05) is 13.7 Å². The van der Waals surface area contributed by atoms with Crippen molar-refractivity contribution < 1.29 is 4.74 Å². The molecule has 0 aromatic carbocycles. The summed E-state index contributed by atoms with van der Waals surface area (Å²) in [4.78, 5) is 0. The summed E-state index contributed by atoms with van der Waals surface area (Å²) in [7, 11) is 0.397. The number of hydrogen-bond acceptors (Lipinski definition) is 2. The molecule has 0 saturated carbocycles. The van der Waals surface area contributed by atoms with E-state index in [0.29, 0.717) is 6.61 Å². The normalized spacial score (nSPS) is 11.1. The van der Waals surface area contributed by atoms with E-state index in [0.717, 1.165) is 17.8 Å². The molecule has 88 valence electrons. The van der Waals surface area contributed by atoms with Crippen molar-refractivity contribution >= 4 is 8.07 Å². The summed E-state index contributed by atoms with van der Waals surface area (Å²) in [5, 5.41) is 4.30. The van der Waals surface area contributed by atoms with Crippen LogP contribution in [0.4, 0.5) is 0 Å². The molecule has 0 aliphatic carbocycles. The van der Waals surface area contributed by atoms with Crippen LogP contribution in [0.5, 0.6) is 0 Å². The average molecular weight is 236 g/mol. The molecule has 0 fully saturated rings. The minimum Gasteiger partial charge on any atom is -0.383 e.